The Labute approximate surface area is 105 Å². The Hall–Kier alpha value is -0.800. The highest BCUT2D eigenvalue weighted by Crippen LogP contribution is 2.08. The Balaban J connectivity index is 2.29. The molecule has 0 saturated carbocycles. The van der Waals surface area contributed by atoms with Crippen molar-refractivity contribution in [3.8, 4) is 0 Å². The van der Waals surface area contributed by atoms with Crippen LogP contribution < -0.4 is 5.32 Å². The normalized spacial score (nSPS) is 13.2. The summed E-state index contributed by atoms with van der Waals surface area (Å²) in [6.45, 7) is 12.9. The molecule has 0 bridgehead atoms. The van der Waals surface area contributed by atoms with Gasteiger partial charge in [0.05, 0.1) is 6.54 Å². The molecule has 0 aliphatic rings. The number of nitrogens with one attached hydrogen (secondary N) is 1. The van der Waals surface area contributed by atoms with Gasteiger partial charge in [-0.15, -0.1) is 0 Å². The molecule has 3 nitrogen and oxygen atoms in total. The van der Waals surface area contributed by atoms with Crippen molar-refractivity contribution in [2.75, 3.05) is 19.6 Å². The van der Waals surface area contributed by atoms with Gasteiger partial charge in [0.15, 0.2) is 0 Å². The van der Waals surface area contributed by atoms with Crippen LogP contribution in [-0.2, 0) is 13.0 Å². The molecule has 1 rings (SSSR count). The summed E-state index contributed by atoms with van der Waals surface area (Å²) < 4.78 is 5.66. The lowest BCUT2D eigenvalue weighted by Gasteiger charge is -2.23. The minimum Gasteiger partial charge on any atom is -0.465 e. The molecule has 0 radical (unpaired) electrons. The molecule has 1 aromatic heterocycles. The van der Waals surface area contributed by atoms with Crippen molar-refractivity contribution in [2.45, 2.75) is 46.7 Å². The van der Waals surface area contributed by atoms with Gasteiger partial charge >= 0.3 is 0 Å². The summed E-state index contributed by atoms with van der Waals surface area (Å²) in [7, 11) is 0. The first-order valence-electron chi connectivity index (χ1n) is 6.72. The van der Waals surface area contributed by atoms with Gasteiger partial charge in [-0.2, -0.15) is 0 Å². The second-order valence-corrected chi connectivity index (χ2v) is 4.49. The molecule has 17 heavy (non-hydrogen) atoms. The summed E-state index contributed by atoms with van der Waals surface area (Å²) in [6.07, 6.45) is 0.967. The molecule has 1 heterocycles. The predicted molar refractivity (Wildman–Crippen MR) is 72.2 cm³/mol. The molecule has 0 saturated heterocycles. The van der Waals surface area contributed by atoms with Crippen LogP contribution in [0.15, 0.2) is 16.5 Å². The van der Waals surface area contributed by atoms with Gasteiger partial charge in [0.25, 0.3) is 0 Å². The lowest BCUT2D eigenvalue weighted by atomic mass is 10.3. The van der Waals surface area contributed by atoms with Crippen molar-refractivity contribution >= 4 is 0 Å². The highest BCUT2D eigenvalue weighted by molar-refractivity contribution is 5.06. The Morgan fingerprint density at radius 2 is 1.82 bits per heavy atom. The molecular formula is C14H26N2O. The molecule has 0 fully saturated rings. The molecule has 0 spiro atoms. The fourth-order valence-electron chi connectivity index (χ4n) is 1.92. The van der Waals surface area contributed by atoms with Crippen LogP contribution in [0.4, 0.5) is 0 Å². The topological polar surface area (TPSA) is 28.4 Å². The number of furan rings is 1. The molecular weight excluding hydrogens is 212 g/mol. The van der Waals surface area contributed by atoms with E-state index in [2.05, 4.69) is 50.0 Å². The van der Waals surface area contributed by atoms with E-state index < -0.39 is 0 Å². The van der Waals surface area contributed by atoms with Gasteiger partial charge in [-0.3, -0.25) is 0 Å². The predicted octanol–water partition coefficient (Wildman–Crippen LogP) is 2.66. The zero-order chi connectivity index (χ0) is 12.7. The molecule has 0 aliphatic heterocycles. The Kier molecular flexibility index (Phi) is 6.30. The van der Waals surface area contributed by atoms with Gasteiger partial charge in [0.2, 0.25) is 0 Å². The average Bonchev–Trinajstić information content (AvgIpc) is 2.81. The van der Waals surface area contributed by atoms with E-state index in [0.717, 1.165) is 44.1 Å². The molecule has 98 valence electrons. The van der Waals surface area contributed by atoms with Crippen LogP contribution in [0, 0.1) is 0 Å². The van der Waals surface area contributed by atoms with Crippen molar-refractivity contribution in [1.29, 1.82) is 0 Å². The SMILES string of the molecule is CCc1ccc(CNC(C)CN(CC)CC)o1. The van der Waals surface area contributed by atoms with E-state index >= 15 is 0 Å². The van der Waals surface area contributed by atoms with E-state index in [-0.39, 0.29) is 0 Å². The number of rotatable bonds is 8. The summed E-state index contributed by atoms with van der Waals surface area (Å²) in [4.78, 5) is 2.43. The zero-order valence-corrected chi connectivity index (χ0v) is 11.6. The van der Waals surface area contributed by atoms with Crippen LogP contribution in [0.1, 0.15) is 39.2 Å². The van der Waals surface area contributed by atoms with Gasteiger partial charge in [-0.1, -0.05) is 20.8 Å². The second-order valence-electron chi connectivity index (χ2n) is 4.49. The smallest absolute Gasteiger partial charge is 0.117 e. The van der Waals surface area contributed by atoms with Crippen LogP contribution in [0.25, 0.3) is 0 Å². The van der Waals surface area contributed by atoms with Gasteiger partial charge < -0.3 is 14.6 Å². The number of hydrogen-bond acceptors (Lipinski definition) is 3. The minimum atomic E-state index is 0.491. The van der Waals surface area contributed by atoms with Gasteiger partial charge in [-0.25, -0.2) is 0 Å². The lowest BCUT2D eigenvalue weighted by Crippen LogP contribution is -2.38. The lowest BCUT2D eigenvalue weighted by molar-refractivity contribution is 0.267. The van der Waals surface area contributed by atoms with E-state index in [1.807, 2.05) is 0 Å². The van der Waals surface area contributed by atoms with Crippen LogP contribution in [0.5, 0.6) is 0 Å². The van der Waals surface area contributed by atoms with Crippen LogP contribution in [0.3, 0.4) is 0 Å². The zero-order valence-electron chi connectivity index (χ0n) is 11.6. The Morgan fingerprint density at radius 1 is 1.18 bits per heavy atom. The summed E-state index contributed by atoms with van der Waals surface area (Å²) in [5, 5.41) is 3.50. The summed E-state index contributed by atoms with van der Waals surface area (Å²) >= 11 is 0. The maximum Gasteiger partial charge on any atom is 0.117 e. The highest BCUT2D eigenvalue weighted by Gasteiger charge is 2.07. The van der Waals surface area contributed by atoms with Crippen molar-refractivity contribution in [1.82, 2.24) is 10.2 Å². The standard InChI is InChI=1S/C14H26N2O/c1-5-13-8-9-14(17-13)10-15-12(4)11-16(6-2)7-3/h8-9,12,15H,5-7,10-11H2,1-4H3. The largest absolute Gasteiger partial charge is 0.465 e. The molecule has 1 N–H and O–H groups in total. The van der Waals surface area contributed by atoms with Crippen molar-refractivity contribution < 1.29 is 4.42 Å². The monoisotopic (exact) mass is 238 g/mol. The maximum absolute atomic E-state index is 5.66. The third-order valence-electron chi connectivity index (χ3n) is 3.12. The second kappa shape index (κ2) is 7.51. The van der Waals surface area contributed by atoms with Crippen molar-refractivity contribution in [3.05, 3.63) is 23.7 Å². The van der Waals surface area contributed by atoms with E-state index in [4.69, 9.17) is 4.42 Å². The Bertz CT molecular complexity index is 305. The molecule has 0 aliphatic carbocycles. The number of aryl methyl sites for hydroxylation is 1. The number of nitrogens with zero attached hydrogens (tertiary/aromatic N) is 1. The number of likely N-dealkylation sites (N-methyl/N-ethyl adjacent to an activating group) is 1. The van der Waals surface area contributed by atoms with Crippen LogP contribution in [-0.4, -0.2) is 30.6 Å². The van der Waals surface area contributed by atoms with E-state index in [0.29, 0.717) is 6.04 Å². The Morgan fingerprint density at radius 3 is 2.35 bits per heavy atom. The molecule has 0 amide bonds. The summed E-state index contributed by atoms with van der Waals surface area (Å²) in [6, 6.07) is 4.62. The summed E-state index contributed by atoms with van der Waals surface area (Å²) in [5.41, 5.74) is 0. The quantitative estimate of drug-likeness (QED) is 0.755. The fourth-order valence-corrected chi connectivity index (χ4v) is 1.92. The molecule has 3 heteroatoms. The van der Waals surface area contributed by atoms with Crippen molar-refractivity contribution in [3.63, 3.8) is 0 Å². The van der Waals surface area contributed by atoms with Crippen LogP contribution >= 0.6 is 0 Å². The maximum atomic E-state index is 5.66. The van der Waals surface area contributed by atoms with Crippen LogP contribution in [0.2, 0.25) is 0 Å². The third-order valence-corrected chi connectivity index (χ3v) is 3.12. The van der Waals surface area contributed by atoms with Gasteiger partial charge in [0, 0.05) is 19.0 Å². The first-order chi connectivity index (χ1) is 8.19. The van der Waals surface area contributed by atoms with E-state index in [9.17, 15) is 0 Å². The fraction of sp³-hybridized carbons (Fsp3) is 0.714. The van der Waals surface area contributed by atoms with Gasteiger partial charge in [-0.05, 0) is 32.1 Å². The first kappa shape index (κ1) is 14.3. The van der Waals surface area contributed by atoms with E-state index in [1.54, 1.807) is 0 Å². The molecule has 1 atom stereocenters. The van der Waals surface area contributed by atoms with Gasteiger partial charge in [0.1, 0.15) is 11.5 Å². The highest BCUT2D eigenvalue weighted by atomic mass is 16.3. The van der Waals surface area contributed by atoms with Crippen molar-refractivity contribution in [2.24, 2.45) is 0 Å². The molecule has 1 unspecified atom stereocenters. The number of hydrogen-bond donors (Lipinski definition) is 1. The molecule has 1 aromatic rings. The van der Waals surface area contributed by atoms with E-state index in [1.165, 1.54) is 0 Å². The minimum absolute atomic E-state index is 0.491. The first-order valence-corrected chi connectivity index (χ1v) is 6.72. The summed E-state index contributed by atoms with van der Waals surface area (Å²) in [5.74, 6) is 2.10. The third kappa shape index (κ3) is 4.92. The average molecular weight is 238 g/mol. The molecule has 0 aromatic carbocycles.